The van der Waals surface area contributed by atoms with Crippen molar-refractivity contribution in [2.24, 2.45) is 0 Å². The molecule has 0 atom stereocenters. The van der Waals surface area contributed by atoms with Gasteiger partial charge in [-0.15, -0.1) is 0 Å². The lowest BCUT2D eigenvalue weighted by Gasteiger charge is -2.13. The minimum absolute atomic E-state index is 0.103. The van der Waals surface area contributed by atoms with Gasteiger partial charge in [-0.05, 0) is 55.5 Å². The van der Waals surface area contributed by atoms with Crippen LogP contribution in [-0.2, 0) is 9.47 Å². The maximum atomic E-state index is 12.9. The Bertz CT molecular complexity index is 1550. The van der Waals surface area contributed by atoms with Crippen LogP contribution in [-0.4, -0.2) is 48.5 Å². The van der Waals surface area contributed by atoms with Crippen molar-refractivity contribution in [2.45, 2.75) is 6.92 Å². The fourth-order valence-corrected chi connectivity index (χ4v) is 4.26. The molecular formula is C28H22Cl2N2O7. The van der Waals surface area contributed by atoms with Gasteiger partial charge in [0.15, 0.2) is 17.2 Å². The highest BCUT2D eigenvalue weighted by atomic mass is 35.5. The van der Waals surface area contributed by atoms with E-state index in [2.05, 4.69) is 5.10 Å². The van der Waals surface area contributed by atoms with Crippen molar-refractivity contribution in [1.29, 1.82) is 0 Å². The lowest BCUT2D eigenvalue weighted by atomic mass is 10.0. The Labute approximate surface area is 233 Å². The number of nitrogens with zero attached hydrogens (tertiary/aromatic N) is 2. The molecule has 3 aromatic carbocycles. The molecular weight excluding hydrogens is 547 g/mol. The average molecular weight is 569 g/mol. The zero-order valence-corrected chi connectivity index (χ0v) is 22.6. The second-order valence-corrected chi connectivity index (χ2v) is 8.75. The summed E-state index contributed by atoms with van der Waals surface area (Å²) in [5.74, 6) is -2.00. The highest BCUT2D eigenvalue weighted by Crippen LogP contribution is 2.36. The first-order valence-corrected chi connectivity index (χ1v) is 12.3. The molecule has 39 heavy (non-hydrogen) atoms. The van der Waals surface area contributed by atoms with E-state index in [9.17, 15) is 14.4 Å². The second-order valence-electron chi connectivity index (χ2n) is 7.91. The fourth-order valence-electron chi connectivity index (χ4n) is 3.77. The van der Waals surface area contributed by atoms with Crippen LogP contribution in [0.15, 0.2) is 66.7 Å². The van der Waals surface area contributed by atoms with Gasteiger partial charge in [-0.1, -0.05) is 41.4 Å². The van der Waals surface area contributed by atoms with Crippen LogP contribution in [0.2, 0.25) is 10.0 Å². The molecule has 0 bridgehead atoms. The minimum atomic E-state index is -0.793. The van der Waals surface area contributed by atoms with Crippen LogP contribution in [0, 0.1) is 0 Å². The molecule has 1 heterocycles. The second kappa shape index (κ2) is 12.0. The molecule has 0 amide bonds. The summed E-state index contributed by atoms with van der Waals surface area (Å²) < 4.78 is 22.5. The lowest BCUT2D eigenvalue weighted by Crippen LogP contribution is -2.15. The summed E-state index contributed by atoms with van der Waals surface area (Å²) in [5.41, 5.74) is 0.938. The normalized spacial score (nSPS) is 10.6. The highest BCUT2D eigenvalue weighted by Gasteiger charge is 2.32. The minimum Gasteiger partial charge on any atom is -0.490 e. The maximum absolute atomic E-state index is 12.9. The van der Waals surface area contributed by atoms with Gasteiger partial charge in [0.05, 0.1) is 37.1 Å². The summed E-state index contributed by atoms with van der Waals surface area (Å²) in [4.78, 5) is 38.6. The van der Waals surface area contributed by atoms with Crippen LogP contribution >= 0.6 is 23.2 Å². The van der Waals surface area contributed by atoms with Crippen LogP contribution in [0.5, 0.6) is 11.5 Å². The van der Waals surface area contributed by atoms with E-state index in [4.69, 9.17) is 42.1 Å². The van der Waals surface area contributed by atoms with E-state index in [1.54, 1.807) is 49.4 Å². The standard InChI is InChI=1S/C28H22Cl2N2O7/c1-4-38-22-14-16(10-13-21(22)39-26(33)19-12-11-17(29)15-20(19)30)24-23(27(34)36-2)25(28(35)37-3)32(31-24)18-8-6-5-7-9-18/h5-15H,4H2,1-3H3. The highest BCUT2D eigenvalue weighted by molar-refractivity contribution is 6.36. The molecule has 0 unspecified atom stereocenters. The summed E-state index contributed by atoms with van der Waals surface area (Å²) in [6.45, 7) is 2.00. The van der Waals surface area contributed by atoms with Crippen LogP contribution in [0.25, 0.3) is 16.9 Å². The summed E-state index contributed by atoms with van der Waals surface area (Å²) in [6.07, 6.45) is 0. The van der Waals surface area contributed by atoms with E-state index in [1.807, 2.05) is 0 Å². The van der Waals surface area contributed by atoms with Gasteiger partial charge in [0.2, 0.25) is 0 Å². The first-order chi connectivity index (χ1) is 18.8. The van der Waals surface area contributed by atoms with Gasteiger partial charge in [0, 0.05) is 10.6 Å². The van der Waals surface area contributed by atoms with Crippen LogP contribution < -0.4 is 9.47 Å². The Morgan fingerprint density at radius 1 is 0.846 bits per heavy atom. The van der Waals surface area contributed by atoms with Crippen LogP contribution in [0.4, 0.5) is 0 Å². The van der Waals surface area contributed by atoms with Crippen molar-refractivity contribution in [2.75, 3.05) is 20.8 Å². The van der Waals surface area contributed by atoms with Crippen molar-refractivity contribution >= 4 is 41.1 Å². The predicted molar refractivity (Wildman–Crippen MR) is 144 cm³/mol. The maximum Gasteiger partial charge on any atom is 0.357 e. The summed E-state index contributed by atoms with van der Waals surface area (Å²) in [5, 5.41) is 5.07. The van der Waals surface area contributed by atoms with E-state index in [1.165, 1.54) is 43.2 Å². The molecule has 0 radical (unpaired) electrons. The van der Waals surface area contributed by atoms with Crippen molar-refractivity contribution in [3.05, 3.63) is 93.6 Å². The molecule has 0 spiro atoms. The van der Waals surface area contributed by atoms with E-state index in [-0.39, 0.29) is 45.6 Å². The Kier molecular flexibility index (Phi) is 8.53. The molecule has 0 saturated heterocycles. The number of halogens is 2. The quantitative estimate of drug-likeness (QED) is 0.187. The molecule has 0 saturated carbocycles. The number of methoxy groups -OCH3 is 2. The summed E-state index contributed by atoms with van der Waals surface area (Å²) in [7, 11) is 2.40. The van der Waals surface area contributed by atoms with Crippen LogP contribution in [0.1, 0.15) is 38.1 Å². The molecule has 0 aliphatic rings. The molecule has 0 aliphatic heterocycles. The fraction of sp³-hybridized carbons (Fsp3) is 0.143. The molecule has 0 N–H and O–H groups in total. The van der Waals surface area contributed by atoms with E-state index in [0.717, 1.165) is 0 Å². The number of para-hydroxylation sites is 1. The van der Waals surface area contributed by atoms with Gasteiger partial charge in [-0.25, -0.2) is 19.1 Å². The van der Waals surface area contributed by atoms with Gasteiger partial charge in [-0.2, -0.15) is 5.10 Å². The number of esters is 3. The number of ether oxygens (including phenoxy) is 4. The molecule has 200 valence electrons. The van der Waals surface area contributed by atoms with Gasteiger partial charge in [0.1, 0.15) is 11.3 Å². The van der Waals surface area contributed by atoms with E-state index in [0.29, 0.717) is 16.3 Å². The number of benzene rings is 3. The third kappa shape index (κ3) is 5.74. The van der Waals surface area contributed by atoms with Crippen molar-refractivity contribution in [3.8, 4) is 28.4 Å². The molecule has 9 nitrogen and oxygen atoms in total. The zero-order chi connectivity index (χ0) is 28.1. The molecule has 11 heteroatoms. The van der Waals surface area contributed by atoms with Gasteiger partial charge < -0.3 is 18.9 Å². The lowest BCUT2D eigenvalue weighted by molar-refractivity contribution is 0.0549. The third-order valence-electron chi connectivity index (χ3n) is 5.53. The first kappa shape index (κ1) is 27.7. The Balaban J connectivity index is 1.84. The Hall–Kier alpha value is -4.34. The Morgan fingerprint density at radius 3 is 2.21 bits per heavy atom. The number of rotatable bonds is 8. The molecule has 1 aromatic heterocycles. The summed E-state index contributed by atoms with van der Waals surface area (Å²) in [6, 6.07) is 17.8. The van der Waals surface area contributed by atoms with E-state index < -0.39 is 17.9 Å². The van der Waals surface area contributed by atoms with Gasteiger partial charge >= 0.3 is 17.9 Å². The SMILES string of the molecule is CCOc1cc(-c2nn(-c3ccccc3)c(C(=O)OC)c2C(=O)OC)ccc1OC(=O)c1ccc(Cl)cc1Cl. The van der Waals surface area contributed by atoms with Gasteiger partial charge in [0.25, 0.3) is 0 Å². The molecule has 4 rings (SSSR count). The van der Waals surface area contributed by atoms with Crippen molar-refractivity contribution < 1.29 is 33.3 Å². The Morgan fingerprint density at radius 2 is 1.56 bits per heavy atom. The van der Waals surface area contributed by atoms with E-state index >= 15 is 0 Å². The molecule has 4 aromatic rings. The van der Waals surface area contributed by atoms with Gasteiger partial charge in [-0.3, -0.25) is 0 Å². The monoisotopic (exact) mass is 568 g/mol. The first-order valence-electron chi connectivity index (χ1n) is 11.6. The third-order valence-corrected chi connectivity index (χ3v) is 6.07. The van der Waals surface area contributed by atoms with Crippen molar-refractivity contribution in [1.82, 2.24) is 9.78 Å². The number of aromatic nitrogens is 2. The number of carbonyl (C=O) groups excluding carboxylic acids is 3. The predicted octanol–water partition coefficient (Wildman–Crippen LogP) is 6.04. The summed E-state index contributed by atoms with van der Waals surface area (Å²) >= 11 is 12.1. The number of hydrogen-bond donors (Lipinski definition) is 0. The topological polar surface area (TPSA) is 106 Å². The zero-order valence-electron chi connectivity index (χ0n) is 21.1. The van der Waals surface area contributed by atoms with Crippen LogP contribution in [0.3, 0.4) is 0 Å². The molecule has 0 fully saturated rings. The van der Waals surface area contributed by atoms with Crippen molar-refractivity contribution in [3.63, 3.8) is 0 Å². The largest absolute Gasteiger partial charge is 0.490 e. The molecule has 0 aliphatic carbocycles. The number of carbonyl (C=O) groups is 3. The smallest absolute Gasteiger partial charge is 0.357 e. The number of hydrogen-bond acceptors (Lipinski definition) is 8. The average Bonchev–Trinajstić information content (AvgIpc) is 3.34.